The average Bonchev–Trinajstić information content (AvgIpc) is 3.48. The fourth-order valence-corrected chi connectivity index (χ4v) is 3.26. The molecule has 182 valence electrons. The van der Waals surface area contributed by atoms with Crippen LogP contribution in [-0.4, -0.2) is 33.9 Å². The molecule has 0 saturated heterocycles. The number of alkyl halides is 3. The molecule has 0 aliphatic carbocycles. The lowest BCUT2D eigenvalue weighted by Gasteiger charge is -2.13. The van der Waals surface area contributed by atoms with E-state index in [1.807, 2.05) is 13.8 Å². The lowest BCUT2D eigenvalue weighted by Crippen LogP contribution is -2.15. The number of hydrogen-bond acceptors (Lipinski definition) is 6. The van der Waals surface area contributed by atoms with Gasteiger partial charge in [0.1, 0.15) is 5.75 Å². The molecule has 0 radical (unpaired) electrons. The van der Waals surface area contributed by atoms with Gasteiger partial charge < -0.3 is 19.2 Å². The van der Waals surface area contributed by atoms with Crippen molar-refractivity contribution in [3.8, 4) is 29.0 Å². The van der Waals surface area contributed by atoms with E-state index in [-0.39, 0.29) is 23.4 Å². The molecule has 0 fully saturated rings. The van der Waals surface area contributed by atoms with Gasteiger partial charge in [-0.25, -0.2) is 4.68 Å². The van der Waals surface area contributed by atoms with E-state index < -0.39 is 17.6 Å². The Morgan fingerprint density at radius 2 is 1.86 bits per heavy atom. The topological polar surface area (TPSA) is 91.4 Å². The second-order valence-electron chi connectivity index (χ2n) is 7.69. The Kier molecular flexibility index (Phi) is 6.50. The van der Waals surface area contributed by atoms with Gasteiger partial charge in [0.2, 0.25) is 5.82 Å². The number of ether oxygens (including phenoxy) is 2. The third-order valence-corrected chi connectivity index (χ3v) is 4.81. The van der Waals surface area contributed by atoms with E-state index in [2.05, 4.69) is 15.4 Å². The number of hydrogen-bond donors (Lipinski definition) is 1. The molecule has 1 amide bonds. The number of aromatic nitrogens is 3. The summed E-state index contributed by atoms with van der Waals surface area (Å²) < 4.78 is 57.2. The van der Waals surface area contributed by atoms with Crippen molar-refractivity contribution in [1.82, 2.24) is 14.8 Å². The van der Waals surface area contributed by atoms with E-state index in [0.29, 0.717) is 23.0 Å². The predicted octanol–water partition coefficient (Wildman–Crippen LogP) is 5.59. The maximum atomic E-state index is 13.3. The quantitative estimate of drug-likeness (QED) is 0.366. The molecule has 0 aliphatic heterocycles. The fraction of sp³-hybridized carbons (Fsp3) is 0.208. The van der Waals surface area contributed by atoms with Gasteiger partial charge in [-0.1, -0.05) is 0 Å². The number of methoxy groups -OCH3 is 1. The molecule has 4 aromatic rings. The zero-order valence-corrected chi connectivity index (χ0v) is 19.0. The highest BCUT2D eigenvalue weighted by Gasteiger charge is 2.35. The molecule has 11 heteroatoms. The number of carbonyl (C=O) groups is 1. The monoisotopic (exact) mass is 486 g/mol. The number of amides is 1. The van der Waals surface area contributed by atoms with Gasteiger partial charge in [-0.15, -0.1) is 5.10 Å². The zero-order valence-electron chi connectivity index (χ0n) is 19.0. The number of nitrogens with one attached hydrogen (secondary N) is 1. The van der Waals surface area contributed by atoms with Gasteiger partial charge in [0.15, 0.2) is 5.76 Å². The van der Waals surface area contributed by atoms with Crippen LogP contribution < -0.4 is 14.8 Å². The lowest BCUT2D eigenvalue weighted by atomic mass is 10.1. The molecule has 2 heterocycles. The number of nitrogens with zero attached hydrogens (tertiary/aromatic N) is 3. The fourth-order valence-electron chi connectivity index (χ4n) is 3.26. The summed E-state index contributed by atoms with van der Waals surface area (Å²) >= 11 is 0. The second kappa shape index (κ2) is 9.53. The molecule has 8 nitrogen and oxygen atoms in total. The number of rotatable bonds is 7. The van der Waals surface area contributed by atoms with Crippen molar-refractivity contribution in [2.75, 3.05) is 12.4 Å². The Bertz CT molecular complexity index is 1310. The van der Waals surface area contributed by atoms with Gasteiger partial charge in [0.05, 0.1) is 30.7 Å². The molecule has 0 atom stereocenters. The predicted molar refractivity (Wildman–Crippen MR) is 121 cm³/mol. The van der Waals surface area contributed by atoms with E-state index in [0.717, 1.165) is 19.2 Å². The highest BCUT2D eigenvalue weighted by Crippen LogP contribution is 2.36. The van der Waals surface area contributed by atoms with E-state index in [4.69, 9.17) is 13.9 Å². The lowest BCUT2D eigenvalue weighted by molar-refractivity contribution is -0.138. The van der Waals surface area contributed by atoms with Gasteiger partial charge in [-0.05, 0) is 68.4 Å². The number of anilines is 1. The molecular formula is C24H21F3N4O4. The molecule has 1 N–H and O–H groups in total. The maximum Gasteiger partial charge on any atom is 0.419 e. The summed E-state index contributed by atoms with van der Waals surface area (Å²) in [5, 5.41) is 6.97. The molecule has 0 saturated carbocycles. The molecule has 0 aliphatic rings. The number of halogens is 3. The Labute approximate surface area is 198 Å². The summed E-state index contributed by atoms with van der Waals surface area (Å²) in [5.41, 5.74) is -0.209. The first-order valence-corrected chi connectivity index (χ1v) is 10.5. The van der Waals surface area contributed by atoms with E-state index in [9.17, 15) is 18.0 Å². The van der Waals surface area contributed by atoms with Gasteiger partial charge in [0, 0.05) is 11.3 Å². The SMILES string of the molecule is COc1ccc(C(=O)Nc2ccc(-n3nc(OC(C)C)nc3-c3ccco3)cc2)cc1C(F)(F)F. The summed E-state index contributed by atoms with van der Waals surface area (Å²) in [4.78, 5) is 17.0. The van der Waals surface area contributed by atoms with Crippen LogP contribution in [0.25, 0.3) is 17.3 Å². The number of furan rings is 1. The van der Waals surface area contributed by atoms with Gasteiger partial charge in [-0.3, -0.25) is 4.79 Å². The van der Waals surface area contributed by atoms with Crippen LogP contribution in [0.4, 0.5) is 18.9 Å². The van der Waals surface area contributed by atoms with Crippen LogP contribution in [0.2, 0.25) is 0 Å². The first kappa shape index (κ1) is 23.9. The summed E-state index contributed by atoms with van der Waals surface area (Å²) in [6.07, 6.45) is -3.28. The van der Waals surface area contributed by atoms with Gasteiger partial charge in [-0.2, -0.15) is 18.2 Å². The van der Waals surface area contributed by atoms with Crippen molar-refractivity contribution in [2.24, 2.45) is 0 Å². The van der Waals surface area contributed by atoms with Crippen LogP contribution >= 0.6 is 0 Å². The smallest absolute Gasteiger partial charge is 0.419 e. The maximum absolute atomic E-state index is 13.3. The molecule has 0 spiro atoms. The second-order valence-corrected chi connectivity index (χ2v) is 7.69. The minimum Gasteiger partial charge on any atom is -0.496 e. The molecule has 4 rings (SSSR count). The summed E-state index contributed by atoms with van der Waals surface area (Å²) in [6.45, 7) is 3.70. The summed E-state index contributed by atoms with van der Waals surface area (Å²) in [7, 11) is 1.14. The van der Waals surface area contributed by atoms with Crippen molar-refractivity contribution < 1.29 is 31.9 Å². The highest BCUT2D eigenvalue weighted by molar-refractivity contribution is 6.04. The van der Waals surface area contributed by atoms with Crippen LogP contribution in [0.1, 0.15) is 29.8 Å². The third kappa shape index (κ3) is 5.29. The van der Waals surface area contributed by atoms with Crippen LogP contribution in [0.3, 0.4) is 0 Å². The van der Waals surface area contributed by atoms with Gasteiger partial charge >= 0.3 is 12.2 Å². The Hall–Kier alpha value is -4.28. The Morgan fingerprint density at radius 3 is 2.46 bits per heavy atom. The van der Waals surface area contributed by atoms with Crippen molar-refractivity contribution in [3.05, 3.63) is 72.0 Å². The van der Waals surface area contributed by atoms with Gasteiger partial charge in [0.25, 0.3) is 5.91 Å². The van der Waals surface area contributed by atoms with Crippen molar-refractivity contribution in [2.45, 2.75) is 26.1 Å². The standard InChI is InChI=1S/C24H21F3N4O4/c1-14(2)35-23-29-21(20-5-4-12-34-20)31(30-23)17-9-7-16(8-10-17)28-22(32)15-6-11-19(33-3)18(13-15)24(25,26)27/h4-14H,1-3H3,(H,28,32). The summed E-state index contributed by atoms with van der Waals surface area (Å²) in [5.74, 6) is -0.163. The van der Waals surface area contributed by atoms with Crippen molar-refractivity contribution >= 4 is 11.6 Å². The molecule has 2 aromatic carbocycles. The van der Waals surface area contributed by atoms with Crippen LogP contribution in [0, 0.1) is 0 Å². The molecule has 0 bridgehead atoms. The van der Waals surface area contributed by atoms with Crippen LogP contribution in [0.15, 0.2) is 65.3 Å². The third-order valence-electron chi connectivity index (χ3n) is 4.81. The van der Waals surface area contributed by atoms with E-state index in [1.54, 1.807) is 36.4 Å². The molecule has 0 unspecified atom stereocenters. The highest BCUT2D eigenvalue weighted by atomic mass is 19.4. The Balaban J connectivity index is 1.58. The normalized spacial score (nSPS) is 11.5. The van der Waals surface area contributed by atoms with E-state index in [1.165, 1.54) is 17.0 Å². The average molecular weight is 486 g/mol. The molecule has 2 aromatic heterocycles. The van der Waals surface area contributed by atoms with E-state index >= 15 is 0 Å². The number of carbonyl (C=O) groups excluding carboxylic acids is 1. The van der Waals surface area contributed by atoms with Crippen molar-refractivity contribution in [1.29, 1.82) is 0 Å². The first-order valence-electron chi connectivity index (χ1n) is 10.5. The van der Waals surface area contributed by atoms with Crippen molar-refractivity contribution in [3.63, 3.8) is 0 Å². The minimum atomic E-state index is -4.66. The first-order chi connectivity index (χ1) is 16.7. The summed E-state index contributed by atoms with van der Waals surface area (Å²) in [6, 6.07) is 13.3. The van der Waals surface area contributed by atoms with Crippen LogP contribution in [0.5, 0.6) is 11.8 Å². The minimum absolute atomic E-state index is 0.135. The largest absolute Gasteiger partial charge is 0.496 e. The zero-order chi connectivity index (χ0) is 25.2. The Morgan fingerprint density at radius 1 is 1.11 bits per heavy atom. The van der Waals surface area contributed by atoms with Crippen LogP contribution in [-0.2, 0) is 6.18 Å². The molecule has 35 heavy (non-hydrogen) atoms. The molecular weight excluding hydrogens is 465 g/mol. The number of benzene rings is 2.